The second-order valence-corrected chi connectivity index (χ2v) is 4.63. The van der Waals surface area contributed by atoms with Gasteiger partial charge in [0.25, 0.3) is 0 Å². The predicted octanol–water partition coefficient (Wildman–Crippen LogP) is 0.943. The Kier molecular flexibility index (Phi) is 4.47. The summed E-state index contributed by atoms with van der Waals surface area (Å²) in [5.74, 6) is -1.29. The SMILES string of the molecule is CC(C)(C)OC(=O)N[C@](C)(CC=O)C(=O)O. The molecule has 0 rings (SSSR count). The molecule has 6 heteroatoms. The Hall–Kier alpha value is -1.59. The second kappa shape index (κ2) is 4.96. The predicted molar refractivity (Wildman–Crippen MR) is 56.1 cm³/mol. The molecule has 0 unspecified atom stereocenters. The summed E-state index contributed by atoms with van der Waals surface area (Å²) in [7, 11) is 0. The fourth-order valence-electron chi connectivity index (χ4n) is 0.887. The molecule has 0 aliphatic carbocycles. The number of carboxylic acids is 1. The van der Waals surface area contributed by atoms with Crippen LogP contribution in [-0.4, -0.2) is 34.6 Å². The first-order chi connectivity index (χ1) is 7.10. The first kappa shape index (κ1) is 14.4. The molecular weight excluding hydrogens is 214 g/mol. The van der Waals surface area contributed by atoms with Crippen LogP contribution in [0.2, 0.25) is 0 Å². The molecule has 6 nitrogen and oxygen atoms in total. The van der Waals surface area contributed by atoms with E-state index in [0.717, 1.165) is 0 Å². The summed E-state index contributed by atoms with van der Waals surface area (Å²) in [5, 5.41) is 11.0. The lowest BCUT2D eigenvalue weighted by atomic mass is 9.99. The maximum Gasteiger partial charge on any atom is 0.408 e. The topological polar surface area (TPSA) is 92.7 Å². The number of nitrogens with one attached hydrogen (secondary N) is 1. The molecule has 0 aliphatic heterocycles. The summed E-state index contributed by atoms with van der Waals surface area (Å²) in [6.45, 7) is 6.22. The molecule has 2 N–H and O–H groups in total. The maximum atomic E-state index is 11.3. The van der Waals surface area contributed by atoms with Crippen LogP contribution in [0.25, 0.3) is 0 Å². The fourth-order valence-corrected chi connectivity index (χ4v) is 0.887. The summed E-state index contributed by atoms with van der Waals surface area (Å²) in [5.41, 5.74) is -2.35. The third-order valence-corrected chi connectivity index (χ3v) is 1.74. The zero-order valence-corrected chi connectivity index (χ0v) is 9.86. The van der Waals surface area contributed by atoms with Crippen molar-refractivity contribution in [2.75, 3.05) is 0 Å². The molecule has 0 fully saturated rings. The summed E-state index contributed by atoms with van der Waals surface area (Å²) in [6, 6.07) is 0. The lowest BCUT2D eigenvalue weighted by Crippen LogP contribution is -2.53. The zero-order chi connectivity index (χ0) is 13.0. The molecule has 0 aromatic rings. The number of aliphatic carboxylic acids is 1. The number of rotatable bonds is 4. The first-order valence-electron chi connectivity index (χ1n) is 4.79. The molecule has 0 aliphatic rings. The molecule has 1 amide bonds. The van der Waals surface area contributed by atoms with Crippen LogP contribution in [0.4, 0.5) is 4.79 Å². The van der Waals surface area contributed by atoms with Gasteiger partial charge in [-0.15, -0.1) is 0 Å². The molecule has 0 heterocycles. The number of carbonyl (C=O) groups is 3. The largest absolute Gasteiger partial charge is 0.480 e. The maximum absolute atomic E-state index is 11.3. The molecular formula is C10H17NO5. The lowest BCUT2D eigenvalue weighted by molar-refractivity contribution is -0.145. The smallest absolute Gasteiger partial charge is 0.408 e. The highest BCUT2D eigenvalue weighted by atomic mass is 16.6. The van der Waals surface area contributed by atoms with Crippen LogP contribution in [-0.2, 0) is 14.3 Å². The molecule has 0 spiro atoms. The van der Waals surface area contributed by atoms with Gasteiger partial charge in [-0.3, -0.25) is 0 Å². The van der Waals surface area contributed by atoms with Crippen molar-refractivity contribution in [1.29, 1.82) is 0 Å². The van der Waals surface area contributed by atoms with E-state index >= 15 is 0 Å². The van der Waals surface area contributed by atoms with Crippen molar-refractivity contribution in [2.24, 2.45) is 0 Å². The van der Waals surface area contributed by atoms with Crippen molar-refractivity contribution in [3.05, 3.63) is 0 Å². The molecule has 0 radical (unpaired) electrons. The van der Waals surface area contributed by atoms with Crippen LogP contribution in [0.3, 0.4) is 0 Å². The third kappa shape index (κ3) is 4.77. The number of carboxylic acid groups (broad SMARTS) is 1. The Balaban J connectivity index is 4.59. The number of carbonyl (C=O) groups excluding carboxylic acids is 2. The minimum absolute atomic E-state index is 0.318. The van der Waals surface area contributed by atoms with Crippen molar-refractivity contribution in [2.45, 2.75) is 45.3 Å². The van der Waals surface area contributed by atoms with Gasteiger partial charge in [0.05, 0.1) is 0 Å². The molecule has 0 aromatic heterocycles. The second-order valence-electron chi connectivity index (χ2n) is 4.63. The van der Waals surface area contributed by atoms with Crippen LogP contribution >= 0.6 is 0 Å². The van der Waals surface area contributed by atoms with Gasteiger partial charge in [0, 0.05) is 6.42 Å². The molecule has 0 bridgehead atoms. The van der Waals surface area contributed by atoms with E-state index in [1.54, 1.807) is 20.8 Å². The van der Waals surface area contributed by atoms with Gasteiger partial charge in [0.15, 0.2) is 0 Å². The van der Waals surface area contributed by atoms with Gasteiger partial charge in [0.1, 0.15) is 17.4 Å². The number of alkyl carbamates (subject to hydrolysis) is 1. The van der Waals surface area contributed by atoms with E-state index in [9.17, 15) is 14.4 Å². The van der Waals surface area contributed by atoms with Crippen LogP contribution in [0, 0.1) is 0 Å². The van der Waals surface area contributed by atoms with Gasteiger partial charge in [0.2, 0.25) is 0 Å². The molecule has 0 aromatic carbocycles. The highest BCUT2D eigenvalue weighted by Crippen LogP contribution is 2.12. The van der Waals surface area contributed by atoms with Gasteiger partial charge in [-0.1, -0.05) is 0 Å². The average molecular weight is 231 g/mol. The normalized spacial score (nSPS) is 14.8. The monoisotopic (exact) mass is 231 g/mol. The minimum atomic E-state index is -1.63. The summed E-state index contributed by atoms with van der Waals surface area (Å²) < 4.78 is 4.90. The summed E-state index contributed by atoms with van der Waals surface area (Å²) >= 11 is 0. The quantitative estimate of drug-likeness (QED) is 0.702. The Morgan fingerprint density at radius 3 is 2.12 bits per heavy atom. The van der Waals surface area contributed by atoms with E-state index in [1.165, 1.54) is 6.92 Å². The molecule has 16 heavy (non-hydrogen) atoms. The van der Waals surface area contributed by atoms with Gasteiger partial charge < -0.3 is 20.0 Å². The number of hydrogen-bond donors (Lipinski definition) is 2. The zero-order valence-electron chi connectivity index (χ0n) is 9.86. The van der Waals surface area contributed by atoms with Crippen LogP contribution in [0.1, 0.15) is 34.1 Å². The number of amides is 1. The number of hydrogen-bond acceptors (Lipinski definition) is 4. The average Bonchev–Trinajstić information content (AvgIpc) is 1.99. The molecule has 1 atom stereocenters. The van der Waals surface area contributed by atoms with Crippen molar-refractivity contribution >= 4 is 18.3 Å². The minimum Gasteiger partial charge on any atom is -0.480 e. The van der Waals surface area contributed by atoms with Gasteiger partial charge in [-0.2, -0.15) is 0 Å². The summed E-state index contributed by atoms with van der Waals surface area (Å²) in [6.07, 6.45) is -0.744. The van der Waals surface area contributed by atoms with E-state index in [4.69, 9.17) is 9.84 Å². The van der Waals surface area contributed by atoms with E-state index in [-0.39, 0.29) is 6.42 Å². The first-order valence-corrected chi connectivity index (χ1v) is 4.79. The number of ether oxygens (including phenoxy) is 1. The van der Waals surface area contributed by atoms with Crippen LogP contribution in [0.5, 0.6) is 0 Å². The number of aldehydes is 1. The van der Waals surface area contributed by atoms with Crippen molar-refractivity contribution in [3.8, 4) is 0 Å². The van der Waals surface area contributed by atoms with E-state index in [1.807, 2.05) is 0 Å². The highest BCUT2D eigenvalue weighted by Gasteiger charge is 2.35. The van der Waals surface area contributed by atoms with E-state index in [0.29, 0.717) is 6.29 Å². The Morgan fingerprint density at radius 2 is 1.81 bits per heavy atom. The van der Waals surface area contributed by atoms with Gasteiger partial charge >= 0.3 is 12.1 Å². The van der Waals surface area contributed by atoms with E-state index in [2.05, 4.69) is 5.32 Å². The Bertz CT molecular complexity index is 294. The standard InChI is InChI=1S/C10H17NO5/c1-9(2,3)16-8(15)11-10(4,5-6-12)7(13)14/h6H,5H2,1-4H3,(H,11,15)(H,13,14)/t10-/m1/s1. The van der Waals surface area contributed by atoms with Gasteiger partial charge in [-0.05, 0) is 27.7 Å². The van der Waals surface area contributed by atoms with Crippen LogP contribution < -0.4 is 5.32 Å². The van der Waals surface area contributed by atoms with Crippen molar-refractivity contribution in [1.82, 2.24) is 5.32 Å². The van der Waals surface area contributed by atoms with Crippen molar-refractivity contribution in [3.63, 3.8) is 0 Å². The van der Waals surface area contributed by atoms with Gasteiger partial charge in [-0.25, -0.2) is 9.59 Å². The molecule has 0 saturated carbocycles. The summed E-state index contributed by atoms with van der Waals surface area (Å²) in [4.78, 5) is 32.6. The molecule has 0 saturated heterocycles. The van der Waals surface area contributed by atoms with E-state index < -0.39 is 23.2 Å². The van der Waals surface area contributed by atoms with Crippen molar-refractivity contribution < 1.29 is 24.2 Å². The fraction of sp³-hybridized carbons (Fsp3) is 0.700. The molecule has 92 valence electrons. The van der Waals surface area contributed by atoms with Crippen LogP contribution in [0.15, 0.2) is 0 Å². The third-order valence-electron chi connectivity index (χ3n) is 1.74. The highest BCUT2D eigenvalue weighted by molar-refractivity contribution is 5.86. The Labute approximate surface area is 94.0 Å². The lowest BCUT2D eigenvalue weighted by Gasteiger charge is -2.26. The Morgan fingerprint density at radius 1 is 1.31 bits per heavy atom.